The van der Waals surface area contributed by atoms with Crippen LogP contribution >= 0.6 is 11.3 Å². The average Bonchev–Trinajstić information content (AvgIpc) is 2.63. The van der Waals surface area contributed by atoms with Gasteiger partial charge in [0.05, 0.1) is 6.10 Å². The molecule has 0 aliphatic carbocycles. The van der Waals surface area contributed by atoms with E-state index in [-0.39, 0.29) is 11.5 Å². The Morgan fingerprint density at radius 1 is 1.24 bits per heavy atom. The molecule has 1 aromatic rings. The van der Waals surface area contributed by atoms with Gasteiger partial charge in [0, 0.05) is 18.5 Å². The topological polar surface area (TPSA) is 49.2 Å². The van der Waals surface area contributed by atoms with Gasteiger partial charge in [-0.15, -0.1) is 10.2 Å². The largest absolute Gasteiger partial charge is 0.393 e. The molecule has 1 unspecified atom stereocenters. The number of aliphatic hydroxyl groups is 1. The van der Waals surface area contributed by atoms with Crippen molar-refractivity contribution in [2.24, 2.45) is 0 Å². The summed E-state index contributed by atoms with van der Waals surface area (Å²) in [6, 6.07) is 0. The molecule has 1 N–H and O–H groups in total. The Morgan fingerprint density at radius 2 is 2.00 bits per heavy atom. The van der Waals surface area contributed by atoms with Crippen LogP contribution in [0.25, 0.3) is 0 Å². The van der Waals surface area contributed by atoms with Gasteiger partial charge in [-0.05, 0) is 19.3 Å². The van der Waals surface area contributed by atoms with Crippen molar-refractivity contribution < 1.29 is 5.11 Å². The normalized spacial score (nSPS) is 22.6. The van der Waals surface area contributed by atoms with Gasteiger partial charge in [0.25, 0.3) is 0 Å². The molecule has 1 fully saturated rings. The Hall–Kier alpha value is -0.680. The third-order valence-corrected chi connectivity index (χ3v) is 4.43. The molecule has 1 aromatic heterocycles. The summed E-state index contributed by atoms with van der Waals surface area (Å²) in [4.78, 5) is 2.25. The molecule has 0 spiro atoms. The maximum Gasteiger partial charge on any atom is 0.208 e. The van der Waals surface area contributed by atoms with Gasteiger partial charge in [-0.1, -0.05) is 32.1 Å². The van der Waals surface area contributed by atoms with Gasteiger partial charge in [-0.2, -0.15) is 0 Å². The first-order valence-corrected chi connectivity index (χ1v) is 7.05. The number of nitrogens with zero attached hydrogens (tertiary/aromatic N) is 3. The van der Waals surface area contributed by atoms with Gasteiger partial charge in [-0.3, -0.25) is 0 Å². The number of aromatic nitrogens is 2. The molecule has 1 atom stereocenters. The van der Waals surface area contributed by atoms with E-state index in [0.717, 1.165) is 42.5 Å². The Labute approximate surface area is 107 Å². The zero-order valence-corrected chi connectivity index (χ0v) is 11.6. The Balaban J connectivity index is 2.09. The van der Waals surface area contributed by atoms with Crippen LogP contribution in [0.4, 0.5) is 5.13 Å². The van der Waals surface area contributed by atoms with Gasteiger partial charge in [0.1, 0.15) is 5.01 Å². The Morgan fingerprint density at radius 3 is 2.65 bits per heavy atom. The van der Waals surface area contributed by atoms with Crippen molar-refractivity contribution in [3.05, 3.63) is 5.01 Å². The lowest BCUT2D eigenvalue weighted by molar-refractivity contribution is 0.161. The minimum absolute atomic E-state index is 0.0707. The summed E-state index contributed by atoms with van der Waals surface area (Å²) in [5.41, 5.74) is 0.0707. The fourth-order valence-corrected chi connectivity index (χ4v) is 2.87. The summed E-state index contributed by atoms with van der Waals surface area (Å²) in [7, 11) is 0. The van der Waals surface area contributed by atoms with Gasteiger partial charge in [0.2, 0.25) is 5.13 Å². The fraction of sp³-hybridized carbons (Fsp3) is 0.833. The van der Waals surface area contributed by atoms with Crippen molar-refractivity contribution in [1.29, 1.82) is 0 Å². The summed E-state index contributed by atoms with van der Waals surface area (Å²) in [6.07, 6.45) is 2.63. The van der Waals surface area contributed by atoms with E-state index in [1.165, 1.54) is 0 Å². The molecule has 0 saturated carbocycles. The molecule has 1 aliphatic rings. The van der Waals surface area contributed by atoms with Crippen LogP contribution in [0, 0.1) is 0 Å². The highest BCUT2D eigenvalue weighted by atomic mass is 32.1. The predicted octanol–water partition coefficient (Wildman–Crippen LogP) is 2.19. The van der Waals surface area contributed by atoms with Crippen LogP contribution in [0.3, 0.4) is 0 Å². The minimum atomic E-state index is -0.144. The molecule has 0 amide bonds. The van der Waals surface area contributed by atoms with E-state index in [0.29, 0.717) is 0 Å². The van der Waals surface area contributed by atoms with E-state index in [4.69, 9.17) is 0 Å². The molecule has 2 heterocycles. The first-order chi connectivity index (χ1) is 7.97. The van der Waals surface area contributed by atoms with E-state index in [2.05, 4.69) is 35.9 Å². The molecule has 17 heavy (non-hydrogen) atoms. The quantitative estimate of drug-likeness (QED) is 0.835. The second kappa shape index (κ2) is 4.90. The zero-order valence-electron chi connectivity index (χ0n) is 10.8. The van der Waals surface area contributed by atoms with Crippen molar-refractivity contribution >= 4 is 16.5 Å². The molecule has 96 valence electrons. The second-order valence-corrected chi connectivity index (χ2v) is 6.67. The number of hydrogen-bond acceptors (Lipinski definition) is 5. The predicted molar refractivity (Wildman–Crippen MR) is 70.7 cm³/mol. The highest BCUT2D eigenvalue weighted by Crippen LogP contribution is 2.30. The first-order valence-electron chi connectivity index (χ1n) is 6.24. The SMILES string of the molecule is CC(C)(C)c1nnc(N2CCCC(O)CC2)s1. The van der Waals surface area contributed by atoms with Gasteiger partial charge < -0.3 is 10.0 Å². The average molecular weight is 255 g/mol. The fourth-order valence-electron chi connectivity index (χ4n) is 1.92. The standard InChI is InChI=1S/C12H21N3OS/c1-12(2,3)10-13-14-11(17-10)15-7-4-5-9(16)6-8-15/h9,16H,4-8H2,1-3H3. The maximum absolute atomic E-state index is 9.63. The van der Waals surface area contributed by atoms with Crippen molar-refractivity contribution in [3.8, 4) is 0 Å². The Bertz CT molecular complexity index is 372. The van der Waals surface area contributed by atoms with Crippen molar-refractivity contribution in [2.75, 3.05) is 18.0 Å². The lowest BCUT2D eigenvalue weighted by Gasteiger charge is -2.18. The van der Waals surface area contributed by atoms with Crippen LogP contribution in [0.1, 0.15) is 45.0 Å². The summed E-state index contributed by atoms with van der Waals surface area (Å²) >= 11 is 1.68. The zero-order chi connectivity index (χ0) is 12.5. The number of hydrogen-bond donors (Lipinski definition) is 1. The van der Waals surface area contributed by atoms with Gasteiger partial charge in [0.15, 0.2) is 0 Å². The lowest BCUT2D eigenvalue weighted by Crippen LogP contribution is -2.24. The van der Waals surface area contributed by atoms with E-state index in [1.54, 1.807) is 11.3 Å². The summed E-state index contributed by atoms with van der Waals surface area (Å²) in [6.45, 7) is 8.34. The molecule has 4 nitrogen and oxygen atoms in total. The molecule has 0 radical (unpaired) electrons. The molecule has 2 rings (SSSR count). The lowest BCUT2D eigenvalue weighted by atomic mass is 9.98. The van der Waals surface area contributed by atoms with Crippen molar-refractivity contribution in [1.82, 2.24) is 10.2 Å². The summed E-state index contributed by atoms with van der Waals surface area (Å²) in [5, 5.41) is 20.3. The van der Waals surface area contributed by atoms with Crippen LogP contribution in [-0.4, -0.2) is 34.5 Å². The monoisotopic (exact) mass is 255 g/mol. The molecule has 5 heteroatoms. The number of aliphatic hydroxyl groups excluding tert-OH is 1. The molecule has 0 bridgehead atoms. The first kappa shape index (κ1) is 12.8. The van der Waals surface area contributed by atoms with Crippen LogP contribution in [0.5, 0.6) is 0 Å². The highest BCUT2D eigenvalue weighted by molar-refractivity contribution is 7.15. The second-order valence-electron chi connectivity index (χ2n) is 5.71. The molecular formula is C12H21N3OS. The summed E-state index contributed by atoms with van der Waals surface area (Å²) < 4.78 is 0. The molecule has 1 saturated heterocycles. The molecule has 1 aliphatic heterocycles. The van der Waals surface area contributed by atoms with E-state index < -0.39 is 0 Å². The van der Waals surface area contributed by atoms with Crippen LogP contribution in [0.15, 0.2) is 0 Å². The van der Waals surface area contributed by atoms with Gasteiger partial charge in [-0.25, -0.2) is 0 Å². The van der Waals surface area contributed by atoms with Crippen molar-refractivity contribution in [2.45, 2.75) is 51.6 Å². The third kappa shape index (κ3) is 3.16. The van der Waals surface area contributed by atoms with Crippen molar-refractivity contribution in [3.63, 3.8) is 0 Å². The van der Waals surface area contributed by atoms with E-state index in [1.807, 2.05) is 0 Å². The number of rotatable bonds is 1. The summed E-state index contributed by atoms with van der Waals surface area (Å²) in [5.74, 6) is 0. The third-order valence-electron chi connectivity index (χ3n) is 3.02. The molecule has 0 aromatic carbocycles. The van der Waals surface area contributed by atoms with Crippen LogP contribution < -0.4 is 4.90 Å². The maximum atomic E-state index is 9.63. The van der Waals surface area contributed by atoms with Gasteiger partial charge >= 0.3 is 0 Å². The number of anilines is 1. The Kier molecular flexibility index (Phi) is 3.68. The van der Waals surface area contributed by atoms with E-state index >= 15 is 0 Å². The minimum Gasteiger partial charge on any atom is -0.393 e. The molecular weight excluding hydrogens is 234 g/mol. The van der Waals surface area contributed by atoms with E-state index in [9.17, 15) is 5.11 Å². The highest BCUT2D eigenvalue weighted by Gasteiger charge is 2.23. The smallest absolute Gasteiger partial charge is 0.208 e. The van der Waals surface area contributed by atoms with Crippen LogP contribution in [-0.2, 0) is 5.41 Å². The van der Waals surface area contributed by atoms with Crippen LogP contribution in [0.2, 0.25) is 0 Å².